The van der Waals surface area contributed by atoms with Gasteiger partial charge in [0.1, 0.15) is 11.9 Å². The van der Waals surface area contributed by atoms with Crippen LogP contribution in [0.4, 0.5) is 0 Å². The van der Waals surface area contributed by atoms with Crippen molar-refractivity contribution < 1.29 is 14.9 Å². The summed E-state index contributed by atoms with van der Waals surface area (Å²) in [5, 5.41) is 21.2. The molecule has 2 aliphatic rings. The van der Waals surface area contributed by atoms with Crippen LogP contribution in [0.3, 0.4) is 0 Å². The van der Waals surface area contributed by atoms with E-state index in [0.29, 0.717) is 12.8 Å². The Morgan fingerprint density at radius 1 is 1.42 bits per heavy atom. The monoisotopic (exact) mass is 418 g/mol. The maximum atomic E-state index is 10.6. The molecule has 0 saturated heterocycles. The molecule has 1 aromatic carbocycles. The average molecular weight is 419 g/mol. The van der Waals surface area contributed by atoms with E-state index in [1.807, 2.05) is 31.2 Å². The fourth-order valence-electron chi connectivity index (χ4n) is 4.27. The molecule has 0 aromatic heterocycles. The maximum Gasteiger partial charge on any atom is 0.137 e. The first kappa shape index (κ1) is 19.5. The molecule has 4 heteroatoms. The average Bonchev–Trinajstić information content (AvgIpc) is 3.12. The molecule has 26 heavy (non-hydrogen) atoms. The van der Waals surface area contributed by atoms with Gasteiger partial charge in [-0.2, -0.15) is 0 Å². The largest absolute Gasteiger partial charge is 0.488 e. The molecule has 1 fully saturated rings. The van der Waals surface area contributed by atoms with Crippen LogP contribution in [0, 0.1) is 23.7 Å². The highest BCUT2D eigenvalue weighted by atomic mass is 79.9. The van der Waals surface area contributed by atoms with E-state index in [9.17, 15) is 10.2 Å². The molecular weight excluding hydrogens is 392 g/mol. The van der Waals surface area contributed by atoms with Crippen molar-refractivity contribution in [1.82, 2.24) is 0 Å². The smallest absolute Gasteiger partial charge is 0.137 e. The van der Waals surface area contributed by atoms with Crippen molar-refractivity contribution >= 4 is 15.9 Å². The molecule has 0 spiro atoms. The molecule has 140 valence electrons. The Morgan fingerprint density at radius 3 is 2.96 bits per heavy atom. The topological polar surface area (TPSA) is 49.7 Å². The summed E-state index contributed by atoms with van der Waals surface area (Å²) in [5.74, 6) is 7.14. The van der Waals surface area contributed by atoms with Gasteiger partial charge < -0.3 is 14.9 Å². The number of aliphatic hydroxyl groups excluding tert-OH is 2. The number of benzene rings is 1. The molecule has 2 N–H and O–H groups in total. The van der Waals surface area contributed by atoms with Crippen molar-refractivity contribution in [3.05, 3.63) is 40.4 Å². The van der Waals surface area contributed by atoms with E-state index in [0.717, 1.165) is 28.6 Å². The normalized spacial score (nSPS) is 28.8. The lowest BCUT2D eigenvalue weighted by Gasteiger charge is -2.20. The molecular formula is C22H27BrO3. The third kappa shape index (κ3) is 3.86. The first-order valence-corrected chi connectivity index (χ1v) is 10.2. The molecule has 1 aromatic rings. The van der Waals surface area contributed by atoms with Crippen LogP contribution in [0.5, 0.6) is 5.75 Å². The Balaban J connectivity index is 1.77. The summed E-state index contributed by atoms with van der Waals surface area (Å²) in [7, 11) is 0. The second-order valence-electron chi connectivity index (χ2n) is 7.28. The van der Waals surface area contributed by atoms with Gasteiger partial charge in [-0.25, -0.2) is 0 Å². The van der Waals surface area contributed by atoms with E-state index in [4.69, 9.17) is 4.74 Å². The third-order valence-corrected chi connectivity index (χ3v) is 6.20. The molecule has 0 amide bonds. The van der Waals surface area contributed by atoms with Gasteiger partial charge >= 0.3 is 0 Å². The Labute approximate surface area is 164 Å². The maximum absolute atomic E-state index is 10.6. The van der Waals surface area contributed by atoms with E-state index in [1.165, 1.54) is 0 Å². The Morgan fingerprint density at radius 2 is 2.23 bits per heavy atom. The number of halogens is 1. The predicted molar refractivity (Wildman–Crippen MR) is 107 cm³/mol. The summed E-state index contributed by atoms with van der Waals surface area (Å²) in [6.07, 6.45) is 6.18. The van der Waals surface area contributed by atoms with E-state index in [-0.39, 0.29) is 23.9 Å². The zero-order valence-corrected chi connectivity index (χ0v) is 16.9. The van der Waals surface area contributed by atoms with Crippen molar-refractivity contribution in [2.24, 2.45) is 11.8 Å². The second kappa shape index (κ2) is 8.61. The van der Waals surface area contributed by atoms with E-state index < -0.39 is 12.2 Å². The van der Waals surface area contributed by atoms with Crippen LogP contribution in [0.1, 0.15) is 51.0 Å². The quantitative estimate of drug-likeness (QED) is 0.530. The Kier molecular flexibility index (Phi) is 6.45. The molecule has 0 bridgehead atoms. The van der Waals surface area contributed by atoms with Gasteiger partial charge in [0.2, 0.25) is 0 Å². The molecule has 3 nitrogen and oxygen atoms in total. The van der Waals surface area contributed by atoms with Crippen LogP contribution < -0.4 is 4.74 Å². The minimum absolute atomic E-state index is 0.00268. The van der Waals surface area contributed by atoms with Crippen molar-refractivity contribution in [3.63, 3.8) is 0 Å². The first-order valence-electron chi connectivity index (χ1n) is 9.45. The lowest BCUT2D eigenvalue weighted by molar-refractivity contribution is 0.132. The Hall–Kier alpha value is -1.28. The summed E-state index contributed by atoms with van der Waals surface area (Å²) >= 11 is 3.55. The highest BCUT2D eigenvalue weighted by Crippen LogP contribution is 2.52. The highest BCUT2D eigenvalue weighted by Gasteiger charge is 2.48. The van der Waals surface area contributed by atoms with Gasteiger partial charge in [0.25, 0.3) is 0 Å². The van der Waals surface area contributed by atoms with Crippen LogP contribution in [-0.2, 0) is 0 Å². The number of rotatable bonds is 6. The van der Waals surface area contributed by atoms with Crippen LogP contribution >= 0.6 is 15.9 Å². The fraction of sp³-hybridized carbons (Fsp3) is 0.545. The number of hydrogen-bond acceptors (Lipinski definition) is 3. The summed E-state index contributed by atoms with van der Waals surface area (Å²) in [4.78, 5) is 0. The van der Waals surface area contributed by atoms with Gasteiger partial charge in [-0.1, -0.05) is 37.6 Å². The van der Waals surface area contributed by atoms with Crippen LogP contribution in [0.25, 0.3) is 0 Å². The number of aliphatic hydroxyl groups is 2. The molecule has 1 aliphatic heterocycles. The van der Waals surface area contributed by atoms with Crippen molar-refractivity contribution in [2.45, 2.75) is 63.8 Å². The van der Waals surface area contributed by atoms with E-state index in [2.05, 4.69) is 40.8 Å². The van der Waals surface area contributed by atoms with Crippen molar-refractivity contribution in [2.75, 3.05) is 0 Å². The van der Waals surface area contributed by atoms with E-state index >= 15 is 0 Å². The molecule has 6 atom stereocenters. The number of para-hydroxylation sites is 1. The zero-order chi connectivity index (χ0) is 18.7. The standard InChI is InChI=1S/C22H27BrO3/c1-3-5-8-14(7-4-2)18(24)12-11-15-19(25)13-20-21(15)16-9-6-10-17(23)22(16)26-20/h6,9-12,14-15,18-21,24-25H,4,7-8,13H2,1-2H3/b12-11+/t14?,15-,18+,19+,20-,21-/m0/s1. The first-order chi connectivity index (χ1) is 12.6. The summed E-state index contributed by atoms with van der Waals surface area (Å²) < 4.78 is 7.05. The summed E-state index contributed by atoms with van der Waals surface area (Å²) in [5.41, 5.74) is 1.15. The predicted octanol–water partition coefficient (Wildman–Crippen LogP) is 4.42. The minimum Gasteiger partial charge on any atom is -0.488 e. The van der Waals surface area contributed by atoms with Gasteiger partial charge in [0.05, 0.1) is 16.7 Å². The van der Waals surface area contributed by atoms with Crippen LogP contribution in [0.2, 0.25) is 0 Å². The number of fused-ring (bicyclic) bond motifs is 3. The SMILES string of the molecule is CC#CCC(CCC)[C@H](O)/C=C/[C@@H]1[C@H]2c3cccc(Br)c3O[C@H]2C[C@H]1O. The van der Waals surface area contributed by atoms with Crippen molar-refractivity contribution in [1.29, 1.82) is 0 Å². The van der Waals surface area contributed by atoms with Gasteiger partial charge in [-0.15, -0.1) is 11.8 Å². The van der Waals surface area contributed by atoms with Crippen LogP contribution in [-0.4, -0.2) is 28.5 Å². The van der Waals surface area contributed by atoms with E-state index in [1.54, 1.807) is 0 Å². The van der Waals surface area contributed by atoms with Gasteiger partial charge in [-0.3, -0.25) is 0 Å². The second-order valence-corrected chi connectivity index (χ2v) is 8.13. The molecule has 1 heterocycles. The zero-order valence-electron chi connectivity index (χ0n) is 15.4. The van der Waals surface area contributed by atoms with Crippen LogP contribution in [0.15, 0.2) is 34.8 Å². The Bertz CT molecular complexity index is 718. The molecule has 3 rings (SSSR count). The van der Waals surface area contributed by atoms with Crippen molar-refractivity contribution in [3.8, 4) is 17.6 Å². The summed E-state index contributed by atoms with van der Waals surface area (Å²) in [6.45, 7) is 3.95. The van der Waals surface area contributed by atoms with Gasteiger partial charge in [-0.05, 0) is 41.3 Å². The fourth-order valence-corrected chi connectivity index (χ4v) is 4.74. The third-order valence-electron chi connectivity index (χ3n) is 5.57. The molecule has 1 aliphatic carbocycles. The summed E-state index contributed by atoms with van der Waals surface area (Å²) in [6, 6.07) is 6.07. The number of hydrogen-bond donors (Lipinski definition) is 2. The number of ether oxygens (including phenoxy) is 1. The lowest BCUT2D eigenvalue weighted by atomic mass is 9.86. The molecule has 1 saturated carbocycles. The highest BCUT2D eigenvalue weighted by molar-refractivity contribution is 9.10. The van der Waals surface area contributed by atoms with Gasteiger partial charge in [0.15, 0.2) is 0 Å². The lowest BCUT2D eigenvalue weighted by Crippen LogP contribution is -2.20. The molecule has 1 unspecified atom stereocenters. The minimum atomic E-state index is -0.536. The molecule has 0 radical (unpaired) electrons. The van der Waals surface area contributed by atoms with Gasteiger partial charge in [0, 0.05) is 30.2 Å².